The van der Waals surface area contributed by atoms with E-state index in [9.17, 15) is 23.8 Å². The van der Waals surface area contributed by atoms with Gasteiger partial charge < -0.3 is 10.2 Å². The summed E-state index contributed by atoms with van der Waals surface area (Å²) in [7, 11) is 0. The molecule has 0 fully saturated rings. The molecule has 8 heteroatoms. The van der Waals surface area contributed by atoms with Gasteiger partial charge in [0.2, 0.25) is 0 Å². The van der Waals surface area contributed by atoms with Crippen molar-refractivity contribution in [2.75, 3.05) is 0 Å². The molecule has 2 atom stereocenters. The van der Waals surface area contributed by atoms with Crippen LogP contribution < -0.4 is 0 Å². The van der Waals surface area contributed by atoms with Crippen LogP contribution in [0, 0.1) is 17.0 Å². The van der Waals surface area contributed by atoms with Gasteiger partial charge in [-0.2, -0.15) is 5.10 Å². The van der Waals surface area contributed by atoms with E-state index >= 15 is 0 Å². The molecular formula is C21H29F2N3O3. The summed E-state index contributed by atoms with van der Waals surface area (Å²) >= 11 is 0. The first-order valence-electron chi connectivity index (χ1n) is 9.98. The maximum atomic E-state index is 14.7. The Labute approximate surface area is 169 Å². The first kappa shape index (κ1) is 22.9. The molecule has 0 aliphatic rings. The van der Waals surface area contributed by atoms with Crippen molar-refractivity contribution in [1.82, 2.24) is 14.8 Å². The zero-order valence-electron chi connectivity index (χ0n) is 16.9. The van der Waals surface area contributed by atoms with E-state index in [0.29, 0.717) is 12.5 Å². The number of carboxylic acid groups (broad SMARTS) is 1. The number of benzene rings is 1. The van der Waals surface area contributed by atoms with Gasteiger partial charge in [0.15, 0.2) is 0 Å². The first-order valence-corrected chi connectivity index (χ1v) is 9.98. The zero-order valence-corrected chi connectivity index (χ0v) is 16.9. The largest absolute Gasteiger partial charge is 0.481 e. The van der Waals surface area contributed by atoms with Crippen molar-refractivity contribution >= 4 is 5.97 Å². The third-order valence-corrected chi connectivity index (χ3v) is 5.65. The van der Waals surface area contributed by atoms with Crippen LogP contribution in [0.5, 0.6) is 0 Å². The zero-order chi connectivity index (χ0) is 21.5. The maximum Gasteiger partial charge on any atom is 0.312 e. The molecule has 2 rings (SSSR count). The summed E-state index contributed by atoms with van der Waals surface area (Å²) in [5, 5.41) is 25.6. The molecule has 0 saturated heterocycles. The van der Waals surface area contributed by atoms with Crippen molar-refractivity contribution in [1.29, 1.82) is 0 Å². The summed E-state index contributed by atoms with van der Waals surface area (Å²) in [5.41, 5.74) is -4.15. The predicted molar refractivity (Wildman–Crippen MR) is 104 cm³/mol. The fraction of sp³-hybridized carbons (Fsp3) is 0.571. The van der Waals surface area contributed by atoms with E-state index in [4.69, 9.17) is 0 Å². The van der Waals surface area contributed by atoms with Crippen LogP contribution in [0.3, 0.4) is 0 Å². The molecule has 0 amide bonds. The number of aliphatic hydroxyl groups is 1. The van der Waals surface area contributed by atoms with Crippen LogP contribution in [0.4, 0.5) is 8.78 Å². The highest BCUT2D eigenvalue weighted by atomic mass is 19.1. The fourth-order valence-electron chi connectivity index (χ4n) is 3.68. The Morgan fingerprint density at radius 1 is 1.17 bits per heavy atom. The summed E-state index contributed by atoms with van der Waals surface area (Å²) in [6.45, 7) is 3.19. The monoisotopic (exact) mass is 409 g/mol. The number of hydrogen-bond acceptors (Lipinski definition) is 4. The SMILES string of the molecule is CCCCCCCCC(C)(C(=O)O)C(O)(Cn1cncn1)c1ccc(F)cc1F. The Kier molecular flexibility index (Phi) is 7.84. The highest BCUT2D eigenvalue weighted by Crippen LogP contribution is 2.46. The van der Waals surface area contributed by atoms with Gasteiger partial charge in [-0.05, 0) is 19.4 Å². The maximum absolute atomic E-state index is 14.7. The molecule has 1 heterocycles. The van der Waals surface area contributed by atoms with Gasteiger partial charge in [-0.15, -0.1) is 0 Å². The smallest absolute Gasteiger partial charge is 0.312 e. The van der Waals surface area contributed by atoms with E-state index in [1.54, 1.807) is 0 Å². The minimum Gasteiger partial charge on any atom is -0.481 e. The number of carboxylic acids is 1. The van der Waals surface area contributed by atoms with E-state index in [-0.39, 0.29) is 18.5 Å². The summed E-state index contributed by atoms with van der Waals surface area (Å²) in [5.74, 6) is -3.05. The van der Waals surface area contributed by atoms with Crippen molar-refractivity contribution in [2.45, 2.75) is 70.9 Å². The Morgan fingerprint density at radius 2 is 1.86 bits per heavy atom. The lowest BCUT2D eigenvalue weighted by Crippen LogP contribution is -2.52. The number of unbranched alkanes of at least 4 members (excludes halogenated alkanes) is 5. The molecule has 2 N–H and O–H groups in total. The second-order valence-electron chi connectivity index (χ2n) is 7.73. The number of rotatable bonds is 12. The van der Waals surface area contributed by atoms with Gasteiger partial charge in [0.05, 0.1) is 12.0 Å². The number of nitrogens with zero attached hydrogens (tertiary/aromatic N) is 3. The Hall–Kier alpha value is -2.35. The summed E-state index contributed by atoms with van der Waals surface area (Å²) in [6.07, 6.45) is 8.33. The average molecular weight is 409 g/mol. The van der Waals surface area contributed by atoms with Crippen LogP contribution in [0.2, 0.25) is 0 Å². The molecule has 29 heavy (non-hydrogen) atoms. The normalized spacial score (nSPS) is 15.6. The molecule has 160 valence electrons. The van der Waals surface area contributed by atoms with E-state index in [1.807, 2.05) is 0 Å². The molecule has 0 radical (unpaired) electrons. The van der Waals surface area contributed by atoms with Crippen molar-refractivity contribution in [3.63, 3.8) is 0 Å². The quantitative estimate of drug-likeness (QED) is 0.511. The van der Waals surface area contributed by atoms with Crippen LogP contribution in [0.25, 0.3) is 0 Å². The van der Waals surface area contributed by atoms with Gasteiger partial charge in [0.1, 0.15) is 29.9 Å². The van der Waals surface area contributed by atoms with Crippen molar-refractivity contribution in [3.05, 3.63) is 48.1 Å². The molecule has 6 nitrogen and oxygen atoms in total. The number of halogens is 2. The van der Waals surface area contributed by atoms with Crippen molar-refractivity contribution < 1.29 is 23.8 Å². The summed E-state index contributed by atoms with van der Waals surface area (Å²) < 4.78 is 29.4. The Bertz CT molecular complexity index is 800. The first-order chi connectivity index (χ1) is 13.7. The lowest BCUT2D eigenvalue weighted by molar-refractivity contribution is -0.174. The highest BCUT2D eigenvalue weighted by molar-refractivity contribution is 5.76. The van der Waals surface area contributed by atoms with Crippen molar-refractivity contribution in [2.24, 2.45) is 5.41 Å². The average Bonchev–Trinajstić information content (AvgIpc) is 3.16. The second kappa shape index (κ2) is 9.91. The van der Waals surface area contributed by atoms with Crippen LogP contribution >= 0.6 is 0 Å². The van der Waals surface area contributed by atoms with Gasteiger partial charge in [0, 0.05) is 11.6 Å². The predicted octanol–water partition coefficient (Wildman–Crippen LogP) is 4.29. The van der Waals surface area contributed by atoms with E-state index in [2.05, 4.69) is 17.0 Å². The lowest BCUT2D eigenvalue weighted by Gasteiger charge is -2.42. The number of aromatic nitrogens is 3. The summed E-state index contributed by atoms with van der Waals surface area (Å²) in [6, 6.07) is 2.76. The Balaban J connectivity index is 2.38. The van der Waals surface area contributed by atoms with Crippen molar-refractivity contribution in [3.8, 4) is 0 Å². The molecular weight excluding hydrogens is 380 g/mol. The van der Waals surface area contributed by atoms with Crippen LogP contribution in [0.1, 0.15) is 64.4 Å². The van der Waals surface area contributed by atoms with Crippen LogP contribution in [-0.2, 0) is 16.9 Å². The van der Waals surface area contributed by atoms with Crippen LogP contribution in [-0.4, -0.2) is 30.9 Å². The molecule has 0 spiro atoms. The molecule has 2 aromatic rings. The van der Waals surface area contributed by atoms with Gasteiger partial charge in [-0.1, -0.05) is 51.5 Å². The van der Waals surface area contributed by atoms with E-state index in [0.717, 1.165) is 44.2 Å². The molecule has 0 bridgehead atoms. The Morgan fingerprint density at radius 3 is 2.45 bits per heavy atom. The second-order valence-corrected chi connectivity index (χ2v) is 7.73. The third-order valence-electron chi connectivity index (χ3n) is 5.65. The topological polar surface area (TPSA) is 88.2 Å². The standard InChI is InChI=1S/C21H29F2N3O3/c1-3-4-5-6-7-8-11-20(2,19(27)28)21(29,13-26-15-24-14-25-26)17-10-9-16(22)12-18(17)23/h9-10,12,14-15,29H,3-8,11,13H2,1-2H3,(H,27,28). The lowest BCUT2D eigenvalue weighted by atomic mass is 9.66. The van der Waals surface area contributed by atoms with E-state index in [1.165, 1.54) is 24.3 Å². The number of hydrogen-bond donors (Lipinski definition) is 2. The van der Waals surface area contributed by atoms with Crippen LogP contribution in [0.15, 0.2) is 30.9 Å². The third kappa shape index (κ3) is 5.18. The molecule has 2 unspecified atom stereocenters. The molecule has 0 aliphatic carbocycles. The number of carbonyl (C=O) groups is 1. The fourth-order valence-corrected chi connectivity index (χ4v) is 3.68. The molecule has 1 aromatic heterocycles. The minimum atomic E-state index is -2.16. The molecule has 1 aromatic carbocycles. The van der Waals surface area contributed by atoms with Gasteiger partial charge in [-0.3, -0.25) is 4.79 Å². The molecule has 0 saturated carbocycles. The highest BCUT2D eigenvalue weighted by Gasteiger charge is 2.54. The van der Waals surface area contributed by atoms with Gasteiger partial charge in [0.25, 0.3) is 0 Å². The minimum absolute atomic E-state index is 0.135. The van der Waals surface area contributed by atoms with Gasteiger partial charge >= 0.3 is 5.97 Å². The van der Waals surface area contributed by atoms with E-state index < -0.39 is 28.6 Å². The van der Waals surface area contributed by atoms with Gasteiger partial charge in [-0.25, -0.2) is 18.4 Å². The summed E-state index contributed by atoms with van der Waals surface area (Å²) in [4.78, 5) is 16.1. The molecule has 0 aliphatic heterocycles. The number of aliphatic carboxylic acids is 1.